The van der Waals surface area contributed by atoms with Gasteiger partial charge in [0.2, 0.25) is 0 Å². The van der Waals surface area contributed by atoms with Crippen LogP contribution in [0.15, 0.2) is 60.8 Å². The summed E-state index contributed by atoms with van der Waals surface area (Å²) in [5, 5.41) is 11.3. The maximum atomic E-state index is 13.0. The molecular weight excluding hydrogens is 360 g/mol. The van der Waals surface area contributed by atoms with Crippen molar-refractivity contribution in [2.45, 2.75) is 26.3 Å². The summed E-state index contributed by atoms with van der Waals surface area (Å²) in [4.78, 5) is 13.0. The summed E-state index contributed by atoms with van der Waals surface area (Å²) in [6.07, 6.45) is 4.20. The number of rotatable bonds is 6. The van der Waals surface area contributed by atoms with Crippen LogP contribution in [0.2, 0.25) is 0 Å². The van der Waals surface area contributed by atoms with E-state index in [4.69, 9.17) is 5.10 Å². The molecule has 5 nitrogen and oxygen atoms in total. The SMILES string of the molecule is Cc1ccc(-c2nn(Cc3ccccc3)cc2C(=O)NCC2CCCNC2)cc1. The third-order valence-corrected chi connectivity index (χ3v) is 5.47. The van der Waals surface area contributed by atoms with Gasteiger partial charge in [0.1, 0.15) is 5.69 Å². The average molecular weight is 389 g/mol. The highest BCUT2D eigenvalue weighted by Gasteiger charge is 2.20. The largest absolute Gasteiger partial charge is 0.352 e. The van der Waals surface area contributed by atoms with E-state index in [1.807, 2.05) is 41.2 Å². The Bertz CT molecular complexity index is 941. The number of piperidine rings is 1. The normalized spacial score (nSPS) is 16.5. The predicted molar refractivity (Wildman–Crippen MR) is 116 cm³/mol. The fraction of sp³-hybridized carbons (Fsp3) is 0.333. The predicted octanol–water partition coefficient (Wildman–Crippen LogP) is 3.64. The van der Waals surface area contributed by atoms with Gasteiger partial charge in [-0.25, -0.2) is 0 Å². The third-order valence-electron chi connectivity index (χ3n) is 5.47. The molecule has 1 aliphatic heterocycles. The molecule has 1 atom stereocenters. The number of aromatic nitrogens is 2. The first kappa shape index (κ1) is 19.4. The topological polar surface area (TPSA) is 59.0 Å². The fourth-order valence-corrected chi connectivity index (χ4v) is 3.79. The van der Waals surface area contributed by atoms with Gasteiger partial charge < -0.3 is 10.6 Å². The fourth-order valence-electron chi connectivity index (χ4n) is 3.79. The van der Waals surface area contributed by atoms with Crippen molar-refractivity contribution < 1.29 is 4.79 Å². The highest BCUT2D eigenvalue weighted by atomic mass is 16.1. The maximum Gasteiger partial charge on any atom is 0.255 e. The maximum absolute atomic E-state index is 13.0. The molecule has 0 spiro atoms. The summed E-state index contributed by atoms with van der Waals surface area (Å²) in [5.74, 6) is 0.445. The Hall–Kier alpha value is -2.92. The molecule has 0 radical (unpaired) electrons. The van der Waals surface area contributed by atoms with E-state index in [1.54, 1.807) is 0 Å². The highest BCUT2D eigenvalue weighted by molar-refractivity contribution is 5.99. The Morgan fingerprint density at radius 2 is 1.97 bits per heavy atom. The van der Waals surface area contributed by atoms with Crippen LogP contribution in [0.25, 0.3) is 11.3 Å². The van der Waals surface area contributed by atoms with Crippen LogP contribution in [0.5, 0.6) is 0 Å². The minimum Gasteiger partial charge on any atom is -0.352 e. The quantitative estimate of drug-likeness (QED) is 0.678. The molecule has 2 N–H and O–H groups in total. The van der Waals surface area contributed by atoms with Crippen LogP contribution >= 0.6 is 0 Å². The van der Waals surface area contributed by atoms with Gasteiger partial charge >= 0.3 is 0 Å². The lowest BCUT2D eigenvalue weighted by Gasteiger charge is -2.22. The second-order valence-corrected chi connectivity index (χ2v) is 7.86. The molecule has 29 heavy (non-hydrogen) atoms. The van der Waals surface area contributed by atoms with Crippen molar-refractivity contribution >= 4 is 5.91 Å². The van der Waals surface area contributed by atoms with E-state index in [0.29, 0.717) is 24.6 Å². The molecule has 1 amide bonds. The van der Waals surface area contributed by atoms with Gasteiger partial charge in [-0.2, -0.15) is 5.10 Å². The van der Waals surface area contributed by atoms with Gasteiger partial charge in [0, 0.05) is 18.3 Å². The Morgan fingerprint density at radius 1 is 1.17 bits per heavy atom. The lowest BCUT2D eigenvalue weighted by atomic mass is 9.99. The van der Waals surface area contributed by atoms with E-state index in [0.717, 1.165) is 36.3 Å². The molecule has 4 rings (SSSR count). The number of nitrogens with zero attached hydrogens (tertiary/aromatic N) is 2. The van der Waals surface area contributed by atoms with E-state index in [-0.39, 0.29) is 5.91 Å². The van der Waals surface area contributed by atoms with Crippen LogP contribution in [-0.4, -0.2) is 35.3 Å². The van der Waals surface area contributed by atoms with Crippen molar-refractivity contribution in [3.63, 3.8) is 0 Å². The molecule has 0 saturated carbocycles. The second kappa shape index (κ2) is 9.05. The van der Waals surface area contributed by atoms with E-state index < -0.39 is 0 Å². The van der Waals surface area contributed by atoms with E-state index >= 15 is 0 Å². The van der Waals surface area contributed by atoms with Crippen molar-refractivity contribution in [2.24, 2.45) is 5.92 Å². The van der Waals surface area contributed by atoms with Gasteiger partial charge in [-0.3, -0.25) is 9.48 Å². The number of hydrogen-bond donors (Lipinski definition) is 2. The molecule has 5 heteroatoms. The van der Waals surface area contributed by atoms with Crippen LogP contribution in [0.4, 0.5) is 0 Å². The molecule has 1 saturated heterocycles. The molecule has 0 bridgehead atoms. The smallest absolute Gasteiger partial charge is 0.255 e. The van der Waals surface area contributed by atoms with Gasteiger partial charge in [0.15, 0.2) is 0 Å². The minimum atomic E-state index is -0.0505. The number of benzene rings is 2. The van der Waals surface area contributed by atoms with Crippen LogP contribution < -0.4 is 10.6 Å². The third kappa shape index (κ3) is 4.93. The zero-order chi connectivity index (χ0) is 20.1. The molecule has 1 aromatic heterocycles. The van der Waals surface area contributed by atoms with Crippen molar-refractivity contribution in [1.29, 1.82) is 0 Å². The molecule has 2 heterocycles. The summed E-state index contributed by atoms with van der Waals surface area (Å²) in [6, 6.07) is 18.4. The standard InChI is InChI=1S/C24H28N4O/c1-18-9-11-21(12-10-18)23-22(24(29)26-15-20-8-5-13-25-14-20)17-28(27-23)16-19-6-3-2-4-7-19/h2-4,6-7,9-12,17,20,25H,5,8,13-16H2,1H3,(H,26,29). The summed E-state index contributed by atoms with van der Waals surface area (Å²) >= 11 is 0. The van der Waals surface area contributed by atoms with Gasteiger partial charge in [-0.1, -0.05) is 60.2 Å². The molecule has 1 aliphatic rings. The zero-order valence-corrected chi connectivity index (χ0v) is 16.9. The molecule has 3 aromatic rings. The highest BCUT2D eigenvalue weighted by Crippen LogP contribution is 2.23. The van der Waals surface area contributed by atoms with Gasteiger partial charge in [-0.05, 0) is 44.3 Å². The average Bonchev–Trinajstić information content (AvgIpc) is 3.18. The summed E-state index contributed by atoms with van der Waals surface area (Å²) in [6.45, 7) is 5.44. The first-order chi connectivity index (χ1) is 14.2. The molecule has 150 valence electrons. The molecular formula is C24H28N4O. The number of amides is 1. The van der Waals surface area contributed by atoms with Gasteiger partial charge in [0.05, 0.1) is 12.1 Å². The molecule has 1 unspecified atom stereocenters. The Morgan fingerprint density at radius 3 is 2.69 bits per heavy atom. The summed E-state index contributed by atoms with van der Waals surface area (Å²) in [5.41, 5.74) is 4.68. The number of nitrogens with one attached hydrogen (secondary N) is 2. The van der Waals surface area contributed by atoms with Crippen molar-refractivity contribution in [1.82, 2.24) is 20.4 Å². The van der Waals surface area contributed by atoms with Crippen LogP contribution in [0.1, 0.15) is 34.3 Å². The van der Waals surface area contributed by atoms with Crippen LogP contribution in [0.3, 0.4) is 0 Å². The number of hydrogen-bond acceptors (Lipinski definition) is 3. The van der Waals surface area contributed by atoms with Crippen molar-refractivity contribution in [3.05, 3.63) is 77.5 Å². The lowest BCUT2D eigenvalue weighted by Crippen LogP contribution is -2.38. The number of carbonyl (C=O) groups excluding carboxylic acids is 1. The Labute approximate surface area is 172 Å². The number of carbonyl (C=O) groups is 1. The van der Waals surface area contributed by atoms with Gasteiger partial charge in [-0.15, -0.1) is 0 Å². The Balaban J connectivity index is 1.57. The monoisotopic (exact) mass is 388 g/mol. The van der Waals surface area contributed by atoms with Crippen molar-refractivity contribution in [2.75, 3.05) is 19.6 Å². The van der Waals surface area contributed by atoms with Crippen molar-refractivity contribution in [3.8, 4) is 11.3 Å². The first-order valence-corrected chi connectivity index (χ1v) is 10.4. The Kier molecular flexibility index (Phi) is 6.06. The van der Waals surface area contributed by atoms with Crippen LogP contribution in [-0.2, 0) is 6.54 Å². The first-order valence-electron chi connectivity index (χ1n) is 10.4. The molecule has 2 aromatic carbocycles. The number of aryl methyl sites for hydroxylation is 1. The molecule has 1 fully saturated rings. The summed E-state index contributed by atoms with van der Waals surface area (Å²) < 4.78 is 1.86. The van der Waals surface area contributed by atoms with E-state index in [9.17, 15) is 4.79 Å². The lowest BCUT2D eigenvalue weighted by molar-refractivity contribution is 0.0945. The van der Waals surface area contributed by atoms with E-state index in [2.05, 4.69) is 41.8 Å². The molecule has 0 aliphatic carbocycles. The van der Waals surface area contributed by atoms with Gasteiger partial charge in [0.25, 0.3) is 5.91 Å². The second-order valence-electron chi connectivity index (χ2n) is 7.86. The summed E-state index contributed by atoms with van der Waals surface area (Å²) in [7, 11) is 0. The zero-order valence-electron chi connectivity index (χ0n) is 16.9. The minimum absolute atomic E-state index is 0.0505. The van der Waals surface area contributed by atoms with Crippen LogP contribution in [0, 0.1) is 12.8 Å². The van der Waals surface area contributed by atoms with E-state index in [1.165, 1.54) is 12.0 Å².